The van der Waals surface area contributed by atoms with E-state index in [1.807, 2.05) is 42.5 Å². The second kappa shape index (κ2) is 13.2. The number of carbonyl (C=O) groups is 1. The maximum Gasteiger partial charge on any atom is 0.269 e. The Labute approximate surface area is 249 Å². The second-order valence-corrected chi connectivity index (χ2v) is 10.7. The molecule has 1 fully saturated rings. The highest BCUT2D eigenvalue weighted by Crippen LogP contribution is 2.32. The number of anilines is 3. The number of amides is 1. The lowest BCUT2D eigenvalue weighted by Gasteiger charge is -2.36. The van der Waals surface area contributed by atoms with Crippen LogP contribution in [0.15, 0.2) is 66.7 Å². The second-order valence-electron chi connectivity index (χ2n) is 10.7. The third-order valence-corrected chi connectivity index (χ3v) is 8.02. The average molecular weight is 579 g/mol. The topological polar surface area (TPSA) is 167 Å². The fourth-order valence-electron chi connectivity index (χ4n) is 5.81. The van der Waals surface area contributed by atoms with E-state index >= 15 is 0 Å². The monoisotopic (exact) mass is 578 g/mol. The smallest absolute Gasteiger partial charge is 0.269 e. The third-order valence-electron chi connectivity index (χ3n) is 8.02. The van der Waals surface area contributed by atoms with Crippen molar-refractivity contribution in [2.24, 2.45) is 5.73 Å². The van der Waals surface area contributed by atoms with Crippen LogP contribution in [-0.4, -0.2) is 46.9 Å². The van der Waals surface area contributed by atoms with Gasteiger partial charge in [0.2, 0.25) is 0 Å². The Morgan fingerprint density at radius 2 is 1.72 bits per heavy atom. The molecule has 220 valence electrons. The van der Waals surface area contributed by atoms with Crippen LogP contribution in [0.5, 0.6) is 0 Å². The molecule has 1 aromatic heterocycles. The Bertz CT molecular complexity index is 1680. The minimum absolute atomic E-state index is 0.0972. The van der Waals surface area contributed by atoms with Gasteiger partial charge in [0.15, 0.2) is 6.19 Å². The van der Waals surface area contributed by atoms with E-state index < -0.39 is 0 Å². The van der Waals surface area contributed by atoms with Gasteiger partial charge in [-0.3, -0.25) is 24.8 Å². The van der Waals surface area contributed by atoms with Crippen LogP contribution in [0.4, 0.5) is 22.7 Å². The van der Waals surface area contributed by atoms with Gasteiger partial charge in [0, 0.05) is 78.6 Å². The highest BCUT2D eigenvalue weighted by atomic mass is 16.6. The van der Waals surface area contributed by atoms with E-state index in [4.69, 9.17) is 16.0 Å². The molecule has 0 atom stereocenters. The van der Waals surface area contributed by atoms with Gasteiger partial charge in [0.25, 0.3) is 11.6 Å². The molecule has 1 aliphatic heterocycles. The lowest BCUT2D eigenvalue weighted by atomic mass is 9.93. The third kappa shape index (κ3) is 6.66. The Hall–Kier alpha value is -5.21. The molecule has 5 N–H and O–H groups in total. The van der Waals surface area contributed by atoms with Crippen LogP contribution in [0.1, 0.15) is 40.0 Å². The van der Waals surface area contributed by atoms with Crippen molar-refractivity contribution in [2.75, 3.05) is 42.1 Å². The van der Waals surface area contributed by atoms with E-state index in [1.165, 1.54) is 6.19 Å². The Morgan fingerprint density at radius 1 is 1.02 bits per heavy atom. The Balaban J connectivity index is 0.00000118. The predicted molar refractivity (Wildman–Crippen MR) is 168 cm³/mol. The van der Waals surface area contributed by atoms with Crippen molar-refractivity contribution in [3.05, 3.63) is 99.2 Å². The van der Waals surface area contributed by atoms with Gasteiger partial charge < -0.3 is 21.7 Å². The summed E-state index contributed by atoms with van der Waals surface area (Å²) in [6, 6.07) is 20.2. The van der Waals surface area contributed by atoms with Crippen LogP contribution in [0.2, 0.25) is 0 Å². The van der Waals surface area contributed by atoms with Gasteiger partial charge in [-0.1, -0.05) is 18.2 Å². The molecule has 6 rings (SSSR count). The Morgan fingerprint density at radius 3 is 2.44 bits per heavy atom. The number of non-ortho nitro benzene ring substituents is 1. The first kappa shape index (κ1) is 29.3. The molecule has 1 amide bonds. The van der Waals surface area contributed by atoms with Gasteiger partial charge in [-0.25, -0.2) is 0 Å². The highest BCUT2D eigenvalue weighted by Gasteiger charge is 2.21. The van der Waals surface area contributed by atoms with Crippen molar-refractivity contribution in [1.29, 1.82) is 5.26 Å². The number of nitro benzene ring substituents is 1. The number of nitrogens with one attached hydrogen (secondary N) is 1. The molecule has 43 heavy (non-hydrogen) atoms. The fraction of sp³-hybridized carbons (Fsp3) is 0.281. The van der Waals surface area contributed by atoms with Crippen molar-refractivity contribution >= 4 is 39.6 Å². The summed E-state index contributed by atoms with van der Waals surface area (Å²) in [7, 11) is 0. The average Bonchev–Trinajstić information content (AvgIpc) is 3.02. The molecule has 0 bridgehead atoms. The number of hydrogen-bond acceptors (Lipinski definition) is 9. The number of pyridine rings is 1. The van der Waals surface area contributed by atoms with Crippen molar-refractivity contribution in [1.82, 2.24) is 9.88 Å². The molecule has 11 heteroatoms. The number of carbonyl (C=O) groups excluding carboxylic acids is 1. The zero-order valence-electron chi connectivity index (χ0n) is 23.8. The number of hydrogen-bond donors (Lipinski definition) is 3. The molecule has 0 spiro atoms. The molecule has 2 aliphatic rings. The highest BCUT2D eigenvalue weighted by molar-refractivity contribution is 6.06. The number of fused-ring (bicyclic) bond motifs is 2. The van der Waals surface area contributed by atoms with Gasteiger partial charge in [-0.05, 0) is 73.2 Å². The largest absolute Gasteiger partial charge is 0.398 e. The van der Waals surface area contributed by atoms with E-state index in [2.05, 4.69) is 20.9 Å². The quantitative estimate of drug-likeness (QED) is 0.128. The number of piperazine rings is 1. The van der Waals surface area contributed by atoms with E-state index in [-0.39, 0.29) is 16.5 Å². The standard InChI is InChI=1S/C31H32N6O3.CH2N2/c32-30-26-7-3-4-8-28(26)34-29-14-9-22(19-27(29)30)33-31(38)25-6-2-1-5-21(25)20-35-15-17-36(18-16-35)23-10-12-24(13-11-23)37(39)40;2-1-3/h1-2,5-6,9-14,19H,3-4,7-8,15-18,20H2,(H2,32,34)(H,33,38);2H2. The van der Waals surface area contributed by atoms with Crippen LogP contribution in [0, 0.1) is 21.6 Å². The lowest BCUT2D eigenvalue weighted by molar-refractivity contribution is -0.384. The first-order valence-corrected chi connectivity index (χ1v) is 14.3. The van der Waals surface area contributed by atoms with Crippen LogP contribution in [0.25, 0.3) is 10.9 Å². The molecular formula is C32H34N8O3. The molecule has 0 unspecified atom stereocenters. The van der Waals surface area contributed by atoms with E-state index in [9.17, 15) is 14.9 Å². The molecule has 11 nitrogen and oxygen atoms in total. The summed E-state index contributed by atoms with van der Waals surface area (Å²) < 4.78 is 0. The summed E-state index contributed by atoms with van der Waals surface area (Å²) in [4.78, 5) is 33.4. The number of nitrogens with zero attached hydrogens (tertiary/aromatic N) is 5. The van der Waals surface area contributed by atoms with Crippen molar-refractivity contribution < 1.29 is 9.72 Å². The molecule has 1 saturated heterocycles. The van der Waals surface area contributed by atoms with Gasteiger partial charge >= 0.3 is 0 Å². The number of benzene rings is 3. The summed E-state index contributed by atoms with van der Waals surface area (Å²) in [5.41, 5.74) is 18.0. The summed E-state index contributed by atoms with van der Waals surface area (Å²) >= 11 is 0. The minimum atomic E-state index is -0.381. The zero-order chi connectivity index (χ0) is 30.3. The van der Waals surface area contributed by atoms with Crippen molar-refractivity contribution in [2.45, 2.75) is 32.2 Å². The SMILES string of the molecule is N#CN.Nc1c2c(nc3ccc(NC(=O)c4ccccc4CN4CCN(c5ccc([N+](=O)[O-])cc5)CC4)cc13)CCCC2. The maximum atomic E-state index is 13.4. The summed E-state index contributed by atoms with van der Waals surface area (Å²) in [6.07, 6.45) is 5.45. The van der Waals surface area contributed by atoms with Gasteiger partial charge in [-0.2, -0.15) is 5.26 Å². The number of nitrogens with two attached hydrogens (primary N) is 2. The summed E-state index contributed by atoms with van der Waals surface area (Å²) in [5.74, 6) is -0.149. The minimum Gasteiger partial charge on any atom is -0.398 e. The lowest BCUT2D eigenvalue weighted by Crippen LogP contribution is -2.46. The Kier molecular flexibility index (Phi) is 8.98. The molecule has 1 aliphatic carbocycles. The van der Waals surface area contributed by atoms with Gasteiger partial charge in [0.05, 0.1) is 10.4 Å². The number of nitrogen functional groups attached to an aromatic ring is 1. The molecular weight excluding hydrogens is 544 g/mol. The van der Waals surface area contributed by atoms with Gasteiger partial charge in [0.1, 0.15) is 0 Å². The maximum absolute atomic E-state index is 13.4. The van der Waals surface area contributed by atoms with Crippen molar-refractivity contribution in [3.63, 3.8) is 0 Å². The number of nitriles is 1. The molecule has 0 saturated carbocycles. The molecule has 4 aromatic rings. The van der Waals surface area contributed by atoms with E-state index in [0.29, 0.717) is 17.8 Å². The number of aromatic nitrogens is 1. The van der Waals surface area contributed by atoms with Crippen LogP contribution in [-0.2, 0) is 19.4 Å². The number of rotatable bonds is 6. The normalized spacial score (nSPS) is 14.6. The van der Waals surface area contributed by atoms with Crippen LogP contribution < -0.4 is 21.7 Å². The number of nitro groups is 1. The summed E-state index contributed by atoms with van der Waals surface area (Å²) in [5, 5.41) is 22.0. The first-order valence-electron chi connectivity index (χ1n) is 14.3. The summed E-state index contributed by atoms with van der Waals surface area (Å²) in [6.45, 7) is 3.94. The van der Waals surface area contributed by atoms with Crippen molar-refractivity contribution in [3.8, 4) is 6.19 Å². The zero-order valence-corrected chi connectivity index (χ0v) is 23.8. The fourth-order valence-corrected chi connectivity index (χ4v) is 5.81. The van der Waals surface area contributed by atoms with E-state index in [1.54, 1.807) is 24.3 Å². The van der Waals surface area contributed by atoms with Gasteiger partial charge in [-0.15, -0.1) is 0 Å². The first-order chi connectivity index (χ1) is 20.9. The molecule has 3 aromatic carbocycles. The predicted octanol–water partition coefficient (Wildman–Crippen LogP) is 4.60. The molecule has 0 radical (unpaired) electrons. The van der Waals surface area contributed by atoms with E-state index in [0.717, 1.165) is 91.0 Å². The van der Waals surface area contributed by atoms with Crippen LogP contribution >= 0.6 is 0 Å². The molecule has 2 heterocycles. The number of aryl methyl sites for hydroxylation is 1. The van der Waals surface area contributed by atoms with Crippen LogP contribution in [0.3, 0.4) is 0 Å².